The molecule has 0 saturated carbocycles. The third-order valence-corrected chi connectivity index (χ3v) is 1.72. The maximum absolute atomic E-state index is 11.3. The van der Waals surface area contributed by atoms with Crippen LogP contribution in [-0.2, 0) is 4.79 Å². The second-order valence-electron chi connectivity index (χ2n) is 3.92. The maximum Gasteiger partial charge on any atom is 0.228 e. The molecule has 0 aliphatic heterocycles. The van der Waals surface area contributed by atoms with Crippen molar-refractivity contribution < 1.29 is 9.90 Å². The summed E-state index contributed by atoms with van der Waals surface area (Å²) in [5.41, 5.74) is -0.183. The van der Waals surface area contributed by atoms with Crippen molar-refractivity contribution in [3.05, 3.63) is 42.0 Å². The van der Waals surface area contributed by atoms with E-state index in [-0.39, 0.29) is 5.78 Å². The average molecular weight is 214 g/mol. The van der Waals surface area contributed by atoms with Crippen molar-refractivity contribution in [2.24, 2.45) is 0 Å². The molecule has 1 aromatic carbocycles. The molecule has 1 aromatic rings. The SMILES string of the molecule is CC(C)(O)C#CC(=O)/C=C/c1ccccc1. The topological polar surface area (TPSA) is 37.3 Å². The Morgan fingerprint density at radius 2 is 1.94 bits per heavy atom. The minimum absolute atomic E-state index is 0.314. The predicted octanol–water partition coefficient (Wildman–Crippen LogP) is 2.04. The standard InChI is InChI=1S/C14H14O2/c1-14(2,16)11-10-13(15)9-8-12-6-4-3-5-7-12/h3-9,16H,1-2H3/b9-8+. The van der Waals surface area contributed by atoms with Gasteiger partial charge in [-0.25, -0.2) is 0 Å². The van der Waals surface area contributed by atoms with Gasteiger partial charge in [0.15, 0.2) is 0 Å². The lowest BCUT2D eigenvalue weighted by atomic mass is 10.1. The van der Waals surface area contributed by atoms with Crippen LogP contribution in [0.2, 0.25) is 0 Å². The Morgan fingerprint density at radius 1 is 1.31 bits per heavy atom. The second-order valence-corrected chi connectivity index (χ2v) is 3.92. The Balaban J connectivity index is 2.65. The summed E-state index contributed by atoms with van der Waals surface area (Å²) in [5, 5.41) is 9.30. The molecule has 0 atom stereocenters. The van der Waals surface area contributed by atoms with Crippen molar-refractivity contribution in [3.8, 4) is 11.8 Å². The number of carbonyl (C=O) groups excluding carboxylic acids is 1. The predicted molar refractivity (Wildman–Crippen MR) is 64.6 cm³/mol. The highest BCUT2D eigenvalue weighted by molar-refractivity contribution is 6.06. The van der Waals surface area contributed by atoms with E-state index in [4.69, 9.17) is 0 Å². The molecule has 16 heavy (non-hydrogen) atoms. The van der Waals surface area contributed by atoms with E-state index in [1.165, 1.54) is 19.9 Å². The first-order chi connectivity index (χ1) is 7.47. The van der Waals surface area contributed by atoms with Crippen LogP contribution in [0.1, 0.15) is 19.4 Å². The van der Waals surface area contributed by atoms with Gasteiger partial charge >= 0.3 is 0 Å². The summed E-state index contributed by atoms with van der Waals surface area (Å²) >= 11 is 0. The Labute approximate surface area is 95.6 Å². The highest BCUT2D eigenvalue weighted by atomic mass is 16.3. The largest absolute Gasteiger partial charge is 0.378 e. The molecule has 0 saturated heterocycles. The fraction of sp³-hybridized carbons (Fsp3) is 0.214. The first kappa shape index (κ1) is 12.2. The molecule has 0 bridgehead atoms. The number of rotatable bonds is 2. The molecule has 0 aliphatic rings. The smallest absolute Gasteiger partial charge is 0.228 e. The third-order valence-electron chi connectivity index (χ3n) is 1.72. The van der Waals surface area contributed by atoms with Crippen LogP contribution in [-0.4, -0.2) is 16.5 Å². The van der Waals surface area contributed by atoms with Crippen molar-refractivity contribution in [3.63, 3.8) is 0 Å². The molecule has 0 radical (unpaired) electrons. The lowest BCUT2D eigenvalue weighted by Gasteiger charge is -2.05. The number of carbonyl (C=O) groups is 1. The lowest BCUT2D eigenvalue weighted by Crippen LogP contribution is -2.15. The van der Waals surface area contributed by atoms with E-state index >= 15 is 0 Å². The molecule has 2 nitrogen and oxygen atoms in total. The average Bonchev–Trinajstić information content (AvgIpc) is 2.24. The first-order valence-corrected chi connectivity index (χ1v) is 5.00. The van der Waals surface area contributed by atoms with Gasteiger partial charge in [-0.3, -0.25) is 4.79 Å². The van der Waals surface area contributed by atoms with Crippen molar-refractivity contribution in [2.75, 3.05) is 0 Å². The van der Waals surface area contributed by atoms with Crippen molar-refractivity contribution in [1.29, 1.82) is 0 Å². The fourth-order valence-corrected chi connectivity index (χ4v) is 0.992. The summed E-state index contributed by atoms with van der Waals surface area (Å²) in [5.74, 6) is 4.52. The first-order valence-electron chi connectivity index (χ1n) is 5.00. The molecule has 1 rings (SSSR count). The van der Waals surface area contributed by atoms with Gasteiger partial charge in [0.25, 0.3) is 0 Å². The molecule has 1 N–H and O–H groups in total. The third kappa shape index (κ3) is 5.14. The minimum atomic E-state index is -1.13. The molecular formula is C14H14O2. The van der Waals surface area contributed by atoms with E-state index in [0.29, 0.717) is 0 Å². The number of benzene rings is 1. The van der Waals surface area contributed by atoms with Gasteiger partial charge in [0.2, 0.25) is 5.78 Å². The molecule has 0 aliphatic carbocycles. The van der Waals surface area contributed by atoms with Crippen LogP contribution in [0.4, 0.5) is 0 Å². The van der Waals surface area contributed by atoms with Gasteiger partial charge in [-0.05, 0) is 31.4 Å². The second kappa shape index (κ2) is 5.29. The zero-order valence-corrected chi connectivity index (χ0v) is 9.40. The normalized spacial score (nSPS) is 10.9. The van der Waals surface area contributed by atoms with Crippen molar-refractivity contribution in [1.82, 2.24) is 0 Å². The zero-order chi connectivity index (χ0) is 12.0. The summed E-state index contributed by atoms with van der Waals surface area (Å²) in [6.45, 7) is 3.07. The van der Waals surface area contributed by atoms with Crippen LogP contribution in [0.25, 0.3) is 6.08 Å². The Hall–Kier alpha value is -1.85. The molecule has 82 valence electrons. The molecule has 0 heterocycles. The fourth-order valence-electron chi connectivity index (χ4n) is 0.992. The van der Waals surface area contributed by atoms with E-state index in [0.717, 1.165) is 5.56 Å². The Morgan fingerprint density at radius 3 is 2.50 bits per heavy atom. The van der Waals surface area contributed by atoms with Crippen LogP contribution in [0.5, 0.6) is 0 Å². The minimum Gasteiger partial charge on any atom is -0.378 e. The maximum atomic E-state index is 11.3. The Kier molecular flexibility index (Phi) is 4.04. The van der Waals surface area contributed by atoms with E-state index in [2.05, 4.69) is 11.8 Å². The summed E-state index contributed by atoms with van der Waals surface area (Å²) in [6, 6.07) is 9.49. The van der Waals surface area contributed by atoms with Crippen LogP contribution < -0.4 is 0 Å². The van der Waals surface area contributed by atoms with Crippen LogP contribution in [0.3, 0.4) is 0 Å². The number of ketones is 1. The van der Waals surface area contributed by atoms with Gasteiger partial charge in [0.05, 0.1) is 0 Å². The number of aliphatic hydroxyl groups is 1. The summed E-state index contributed by atoms with van der Waals surface area (Å²) in [4.78, 5) is 11.3. The Bertz CT molecular complexity index is 439. The molecule has 0 spiro atoms. The highest BCUT2D eigenvalue weighted by Gasteiger charge is 2.06. The quantitative estimate of drug-likeness (QED) is 0.464. The molecule has 0 unspecified atom stereocenters. The van der Waals surface area contributed by atoms with Gasteiger partial charge in [-0.1, -0.05) is 42.3 Å². The molecule has 2 heteroatoms. The highest BCUT2D eigenvalue weighted by Crippen LogP contribution is 2.01. The van der Waals surface area contributed by atoms with E-state index in [9.17, 15) is 9.90 Å². The summed E-state index contributed by atoms with van der Waals surface area (Å²) in [6.07, 6.45) is 3.09. The number of allylic oxidation sites excluding steroid dienone is 1. The van der Waals surface area contributed by atoms with Crippen LogP contribution in [0.15, 0.2) is 36.4 Å². The molecule has 0 fully saturated rings. The van der Waals surface area contributed by atoms with E-state index in [1.54, 1.807) is 6.08 Å². The van der Waals surface area contributed by atoms with E-state index in [1.807, 2.05) is 30.3 Å². The van der Waals surface area contributed by atoms with Crippen molar-refractivity contribution >= 4 is 11.9 Å². The number of hydrogen-bond donors (Lipinski definition) is 1. The van der Waals surface area contributed by atoms with Crippen molar-refractivity contribution in [2.45, 2.75) is 19.4 Å². The van der Waals surface area contributed by atoms with Gasteiger partial charge < -0.3 is 5.11 Å². The number of hydrogen-bond acceptors (Lipinski definition) is 2. The molecule has 0 aromatic heterocycles. The van der Waals surface area contributed by atoms with Gasteiger partial charge in [-0.2, -0.15) is 0 Å². The lowest BCUT2D eigenvalue weighted by molar-refractivity contribution is -0.109. The molecule has 0 amide bonds. The summed E-state index contributed by atoms with van der Waals surface area (Å²) in [7, 11) is 0. The monoisotopic (exact) mass is 214 g/mol. The van der Waals surface area contributed by atoms with Gasteiger partial charge in [0, 0.05) is 0 Å². The van der Waals surface area contributed by atoms with Gasteiger partial charge in [-0.15, -0.1) is 0 Å². The summed E-state index contributed by atoms with van der Waals surface area (Å²) < 4.78 is 0. The van der Waals surface area contributed by atoms with Crippen LogP contribution in [0, 0.1) is 11.8 Å². The van der Waals surface area contributed by atoms with Gasteiger partial charge in [0.1, 0.15) is 5.60 Å². The van der Waals surface area contributed by atoms with E-state index < -0.39 is 5.60 Å². The van der Waals surface area contributed by atoms with Crippen LogP contribution >= 0.6 is 0 Å². The zero-order valence-electron chi connectivity index (χ0n) is 9.40. The molecular weight excluding hydrogens is 200 g/mol.